The normalized spacial score (nSPS) is 14.8. The zero-order valence-corrected chi connectivity index (χ0v) is 32.2. The topological polar surface area (TPSA) is 146 Å². The lowest BCUT2D eigenvalue weighted by molar-refractivity contribution is -0.135. The zero-order valence-electron chi connectivity index (χ0n) is 32.2. The van der Waals surface area contributed by atoms with Crippen molar-refractivity contribution in [2.45, 2.75) is 79.2 Å². The molecule has 1 fully saturated rings. The van der Waals surface area contributed by atoms with Gasteiger partial charge in [0.1, 0.15) is 0 Å². The van der Waals surface area contributed by atoms with Crippen molar-refractivity contribution < 1.29 is 23.2 Å². The van der Waals surface area contributed by atoms with E-state index >= 15 is 0 Å². The molecule has 1 unspecified atom stereocenters. The molecule has 0 saturated carbocycles. The lowest BCUT2D eigenvalue weighted by atomic mass is 9.82. The number of aromatic amines is 1. The molecule has 4 heterocycles. The predicted molar refractivity (Wildman–Crippen MR) is 209 cm³/mol. The molecule has 0 radical (unpaired) electrons. The van der Waals surface area contributed by atoms with Crippen molar-refractivity contribution in [1.82, 2.24) is 25.1 Å². The first kappa shape index (κ1) is 38.1. The van der Waals surface area contributed by atoms with Crippen LogP contribution in [0.25, 0.3) is 22.2 Å². The Labute approximate surface area is 315 Å². The van der Waals surface area contributed by atoms with E-state index < -0.39 is 17.3 Å². The molecule has 12 heteroatoms. The van der Waals surface area contributed by atoms with E-state index in [4.69, 9.17) is 18.6 Å². The van der Waals surface area contributed by atoms with E-state index in [1.807, 2.05) is 50.8 Å². The van der Waals surface area contributed by atoms with E-state index in [2.05, 4.69) is 64.4 Å². The van der Waals surface area contributed by atoms with Crippen molar-refractivity contribution in [2.24, 2.45) is 4.99 Å². The standard InChI is InChI=1S/C42H50N6O6/c1-8-47(9-2)38(49)42(6,7)32-10-11-35-34(23-32)33(37(45-35)31-21-26(3)20-27(4)22-31)14-18-44-39(46-40(50)52-25-36-28(5)53-41(51)54-36)48-19-15-30(24-48)29-12-16-43-17-13-29/h10-13,16-17,20-23,30,45H,8-9,14-15,18-19,24-25H2,1-7H3,(H,44,46,50). The first-order valence-corrected chi connectivity index (χ1v) is 18.6. The number of likely N-dealkylation sites (N-methyl/N-ethyl adjacent to an activating group) is 1. The molecule has 12 nitrogen and oxygen atoms in total. The molecule has 1 aliphatic rings. The van der Waals surface area contributed by atoms with Crippen LogP contribution >= 0.6 is 0 Å². The van der Waals surface area contributed by atoms with Crippen LogP contribution in [0.5, 0.6) is 0 Å². The number of hydrogen-bond donors (Lipinski definition) is 2. The highest BCUT2D eigenvalue weighted by Crippen LogP contribution is 2.36. The number of alkyl carbamates (subject to hydrolysis) is 1. The Bertz CT molecular complexity index is 2190. The highest BCUT2D eigenvalue weighted by molar-refractivity contribution is 5.95. The zero-order chi connectivity index (χ0) is 38.6. The van der Waals surface area contributed by atoms with E-state index in [9.17, 15) is 14.4 Å². The summed E-state index contributed by atoms with van der Waals surface area (Å²) in [5.41, 5.74) is 7.83. The Morgan fingerprint density at radius 2 is 1.76 bits per heavy atom. The number of aromatic nitrogens is 2. The van der Waals surface area contributed by atoms with Gasteiger partial charge in [-0.05, 0) is 120 Å². The third-order valence-corrected chi connectivity index (χ3v) is 10.4. The van der Waals surface area contributed by atoms with Gasteiger partial charge in [-0.3, -0.25) is 20.1 Å². The summed E-state index contributed by atoms with van der Waals surface area (Å²) in [5.74, 6) is 0.282. The average molecular weight is 735 g/mol. The number of benzene rings is 2. The second-order valence-electron chi connectivity index (χ2n) is 14.5. The van der Waals surface area contributed by atoms with Gasteiger partial charge in [-0.1, -0.05) is 23.3 Å². The molecule has 54 heavy (non-hydrogen) atoms. The number of fused-ring (bicyclic) bond motifs is 1. The van der Waals surface area contributed by atoms with Crippen molar-refractivity contribution in [3.63, 3.8) is 0 Å². The second-order valence-corrected chi connectivity index (χ2v) is 14.5. The molecule has 5 aromatic rings. The third kappa shape index (κ3) is 8.27. The van der Waals surface area contributed by atoms with Crippen molar-refractivity contribution in [1.29, 1.82) is 0 Å². The van der Waals surface area contributed by atoms with Crippen molar-refractivity contribution in [2.75, 3.05) is 32.7 Å². The van der Waals surface area contributed by atoms with Gasteiger partial charge >= 0.3 is 11.9 Å². The molecule has 1 atom stereocenters. The maximum absolute atomic E-state index is 13.7. The fraction of sp³-hybridized carbons (Fsp3) is 0.405. The molecule has 2 N–H and O–H groups in total. The number of ether oxygens (including phenoxy) is 1. The van der Waals surface area contributed by atoms with Crippen LogP contribution in [-0.2, 0) is 28.0 Å². The van der Waals surface area contributed by atoms with E-state index in [0.717, 1.165) is 50.8 Å². The number of nitrogens with zero attached hydrogens (tertiary/aromatic N) is 4. The summed E-state index contributed by atoms with van der Waals surface area (Å²) in [6.07, 6.45) is 4.29. The molecule has 2 amide bonds. The van der Waals surface area contributed by atoms with Crippen LogP contribution in [-0.4, -0.2) is 70.5 Å². The smallest absolute Gasteiger partial charge is 0.441 e. The largest absolute Gasteiger partial charge is 0.519 e. The van der Waals surface area contributed by atoms with Crippen LogP contribution in [0, 0.1) is 20.8 Å². The fourth-order valence-corrected chi connectivity index (χ4v) is 7.41. The van der Waals surface area contributed by atoms with Crippen molar-refractivity contribution in [3.8, 4) is 11.3 Å². The van der Waals surface area contributed by atoms with Gasteiger partial charge in [-0.2, -0.15) is 0 Å². The first-order chi connectivity index (χ1) is 25.9. The van der Waals surface area contributed by atoms with Crippen LogP contribution in [0.4, 0.5) is 4.79 Å². The summed E-state index contributed by atoms with van der Waals surface area (Å²) >= 11 is 0. The van der Waals surface area contributed by atoms with E-state index in [-0.39, 0.29) is 30.0 Å². The van der Waals surface area contributed by atoms with E-state index in [1.165, 1.54) is 5.56 Å². The lowest BCUT2D eigenvalue weighted by Crippen LogP contribution is -2.43. The predicted octanol–water partition coefficient (Wildman–Crippen LogP) is 7.16. The van der Waals surface area contributed by atoms with Crippen molar-refractivity contribution in [3.05, 3.63) is 111 Å². The molecule has 0 aliphatic carbocycles. The number of guanidine groups is 1. The summed E-state index contributed by atoms with van der Waals surface area (Å²) in [5, 5.41) is 3.90. The summed E-state index contributed by atoms with van der Waals surface area (Å²) in [6.45, 7) is 16.5. The Kier molecular flexibility index (Phi) is 11.4. The summed E-state index contributed by atoms with van der Waals surface area (Å²) < 4.78 is 15.3. The number of carbonyl (C=O) groups excluding carboxylic acids is 2. The van der Waals surface area contributed by atoms with Crippen LogP contribution in [0.15, 0.2) is 79.5 Å². The number of carbonyl (C=O) groups is 2. The first-order valence-electron chi connectivity index (χ1n) is 18.6. The average Bonchev–Trinajstić information content (AvgIpc) is 3.87. The van der Waals surface area contributed by atoms with Crippen LogP contribution < -0.4 is 11.1 Å². The highest BCUT2D eigenvalue weighted by atomic mass is 16.6. The lowest BCUT2D eigenvalue weighted by Gasteiger charge is -2.31. The molecular weight excluding hydrogens is 684 g/mol. The highest BCUT2D eigenvalue weighted by Gasteiger charge is 2.33. The van der Waals surface area contributed by atoms with E-state index in [0.29, 0.717) is 45.1 Å². The monoisotopic (exact) mass is 734 g/mol. The number of likely N-dealkylation sites (tertiary alicyclic amines) is 1. The number of rotatable bonds is 11. The number of aliphatic imine (C=N–C) groups is 1. The quantitative estimate of drug-likeness (QED) is 0.107. The van der Waals surface area contributed by atoms with E-state index in [1.54, 1.807) is 19.3 Å². The molecule has 1 aliphatic heterocycles. The number of nitrogens with one attached hydrogen (secondary N) is 2. The molecular formula is C42H50N6O6. The number of hydrogen-bond acceptors (Lipinski definition) is 8. The van der Waals surface area contributed by atoms with Gasteiger partial charge in [0.15, 0.2) is 18.1 Å². The molecule has 1 saturated heterocycles. The number of amides is 2. The molecule has 2 aromatic carbocycles. The summed E-state index contributed by atoms with van der Waals surface area (Å²) in [7, 11) is 0. The number of aryl methyl sites for hydroxylation is 3. The van der Waals surface area contributed by atoms with Crippen LogP contribution in [0.3, 0.4) is 0 Å². The maximum Gasteiger partial charge on any atom is 0.519 e. The van der Waals surface area contributed by atoms with Crippen LogP contribution in [0.1, 0.15) is 79.4 Å². The van der Waals surface area contributed by atoms with Gasteiger partial charge < -0.3 is 28.4 Å². The van der Waals surface area contributed by atoms with Gasteiger partial charge in [0.25, 0.3) is 0 Å². The van der Waals surface area contributed by atoms with Gasteiger partial charge in [0.2, 0.25) is 11.9 Å². The second kappa shape index (κ2) is 16.2. The molecule has 0 spiro atoms. The number of pyridine rings is 1. The molecule has 284 valence electrons. The Morgan fingerprint density at radius 1 is 1.04 bits per heavy atom. The minimum absolute atomic E-state index is 0.0893. The molecule has 6 rings (SSSR count). The van der Waals surface area contributed by atoms with Gasteiger partial charge in [0, 0.05) is 67.6 Å². The maximum atomic E-state index is 13.7. The molecule has 0 bridgehead atoms. The van der Waals surface area contributed by atoms with Gasteiger partial charge in [-0.15, -0.1) is 0 Å². The minimum atomic E-state index is -0.850. The Morgan fingerprint density at radius 3 is 2.43 bits per heavy atom. The molecule has 3 aromatic heterocycles. The third-order valence-electron chi connectivity index (χ3n) is 10.4. The Hall–Kier alpha value is -5.65. The minimum Gasteiger partial charge on any atom is -0.441 e. The van der Waals surface area contributed by atoms with Gasteiger partial charge in [-0.25, -0.2) is 9.59 Å². The summed E-state index contributed by atoms with van der Waals surface area (Å²) in [4.78, 5) is 55.2. The van der Waals surface area contributed by atoms with Crippen LogP contribution in [0.2, 0.25) is 0 Å². The summed E-state index contributed by atoms with van der Waals surface area (Å²) in [6, 6.07) is 16.8. The SMILES string of the molecule is CCN(CC)C(=O)C(C)(C)c1ccc2[nH]c(-c3cc(C)cc(C)c3)c(CCN=C(NC(=O)OCc3oc(=O)oc3C)N3CCC(c4ccncc4)C3)c2c1. The fourth-order valence-electron chi connectivity index (χ4n) is 7.41. The van der Waals surface area contributed by atoms with Gasteiger partial charge in [0.05, 0.1) is 5.41 Å². The number of H-pyrrole nitrogens is 1. The van der Waals surface area contributed by atoms with Crippen molar-refractivity contribution >= 4 is 28.9 Å². The Balaban J connectivity index is 1.33.